The lowest BCUT2D eigenvalue weighted by Crippen LogP contribution is -2.06. The van der Waals surface area contributed by atoms with Crippen LogP contribution in [-0.4, -0.2) is 4.98 Å². The molecule has 0 unspecified atom stereocenters. The normalized spacial score (nSPS) is 10.8. The Bertz CT molecular complexity index is 1460. The molecule has 0 atom stereocenters. The summed E-state index contributed by atoms with van der Waals surface area (Å²) in [6.45, 7) is 0. The van der Waals surface area contributed by atoms with Crippen molar-refractivity contribution in [2.24, 2.45) is 0 Å². The van der Waals surface area contributed by atoms with E-state index in [1.54, 1.807) is 12.3 Å². The van der Waals surface area contributed by atoms with Gasteiger partial charge in [0.15, 0.2) is 5.43 Å². The minimum Gasteiger partial charge on any atom is -0.464 e. The molecular weight excluding hydrogens is 370 g/mol. The van der Waals surface area contributed by atoms with Crippen LogP contribution in [0.25, 0.3) is 21.9 Å². The quantitative estimate of drug-likeness (QED) is 0.417. The SMILES string of the molecule is O=c1cc(Cc2ccc3occc3c2)[nH]c2ccc(C#CCc3ccccc3)cc12. The van der Waals surface area contributed by atoms with E-state index in [0.717, 1.165) is 33.3 Å². The highest BCUT2D eigenvalue weighted by atomic mass is 16.3. The van der Waals surface area contributed by atoms with Crippen molar-refractivity contribution in [2.45, 2.75) is 12.8 Å². The number of fused-ring (bicyclic) bond motifs is 2. The number of hydrogen-bond donors (Lipinski definition) is 1. The molecule has 0 radical (unpaired) electrons. The van der Waals surface area contributed by atoms with Crippen LogP contribution in [-0.2, 0) is 12.8 Å². The molecule has 30 heavy (non-hydrogen) atoms. The molecule has 3 aromatic carbocycles. The highest BCUT2D eigenvalue weighted by Crippen LogP contribution is 2.19. The zero-order valence-corrected chi connectivity index (χ0v) is 16.3. The van der Waals surface area contributed by atoms with Gasteiger partial charge < -0.3 is 9.40 Å². The summed E-state index contributed by atoms with van der Waals surface area (Å²) in [6.07, 6.45) is 3.03. The molecule has 0 amide bonds. The Kier molecular flexibility index (Phi) is 4.67. The Morgan fingerprint density at radius 2 is 1.77 bits per heavy atom. The summed E-state index contributed by atoms with van der Waals surface area (Å²) in [6, 6.07) is 25.6. The van der Waals surface area contributed by atoms with Crippen LogP contribution >= 0.6 is 0 Å². The number of aromatic amines is 1. The molecule has 0 aliphatic heterocycles. The second-order valence-corrected chi connectivity index (χ2v) is 7.35. The van der Waals surface area contributed by atoms with Crippen LogP contribution in [0.1, 0.15) is 22.4 Å². The number of benzene rings is 3. The molecule has 3 heteroatoms. The summed E-state index contributed by atoms with van der Waals surface area (Å²) < 4.78 is 5.40. The van der Waals surface area contributed by atoms with Gasteiger partial charge in [0.25, 0.3) is 0 Å². The van der Waals surface area contributed by atoms with Crippen molar-refractivity contribution in [3.05, 3.63) is 118 Å². The van der Waals surface area contributed by atoms with E-state index in [-0.39, 0.29) is 5.43 Å². The van der Waals surface area contributed by atoms with Crippen molar-refractivity contribution in [1.29, 1.82) is 0 Å². The van der Waals surface area contributed by atoms with Crippen LogP contribution in [0.4, 0.5) is 0 Å². The maximum atomic E-state index is 12.7. The standard InChI is InChI=1S/C27H19NO2/c29-26-18-23(16-21-10-12-27-22(15-21)13-14-30-27)28-25-11-9-20(17-24(25)26)8-4-7-19-5-2-1-3-6-19/h1-3,5-6,9-15,17-18H,7,16H2,(H,28,29). The molecule has 0 spiro atoms. The third-order valence-electron chi connectivity index (χ3n) is 5.17. The average Bonchev–Trinajstić information content (AvgIpc) is 3.23. The zero-order valence-electron chi connectivity index (χ0n) is 16.3. The van der Waals surface area contributed by atoms with Gasteiger partial charge in [0, 0.05) is 46.5 Å². The minimum atomic E-state index is 0.00912. The Morgan fingerprint density at radius 1 is 0.867 bits per heavy atom. The van der Waals surface area contributed by atoms with Crippen LogP contribution in [0.15, 0.2) is 94.3 Å². The molecule has 2 aromatic heterocycles. The second-order valence-electron chi connectivity index (χ2n) is 7.35. The fraction of sp³-hybridized carbons (Fsp3) is 0.0741. The Balaban J connectivity index is 1.40. The van der Waals surface area contributed by atoms with Crippen molar-refractivity contribution in [3.8, 4) is 11.8 Å². The number of furan rings is 1. The molecule has 5 rings (SSSR count). The Labute approximate surface area is 174 Å². The lowest BCUT2D eigenvalue weighted by atomic mass is 10.1. The summed E-state index contributed by atoms with van der Waals surface area (Å²) in [5, 5.41) is 1.73. The van der Waals surface area contributed by atoms with Gasteiger partial charge >= 0.3 is 0 Å². The molecule has 0 saturated heterocycles. The highest BCUT2D eigenvalue weighted by Gasteiger charge is 2.06. The van der Waals surface area contributed by atoms with E-state index in [9.17, 15) is 4.79 Å². The molecule has 0 aliphatic rings. The first-order valence-electron chi connectivity index (χ1n) is 9.89. The largest absolute Gasteiger partial charge is 0.464 e. The number of hydrogen-bond acceptors (Lipinski definition) is 2. The van der Waals surface area contributed by atoms with Gasteiger partial charge in [-0.2, -0.15) is 0 Å². The first-order valence-corrected chi connectivity index (χ1v) is 9.89. The van der Waals surface area contributed by atoms with Crippen molar-refractivity contribution in [1.82, 2.24) is 4.98 Å². The van der Waals surface area contributed by atoms with Gasteiger partial charge in [-0.25, -0.2) is 0 Å². The van der Waals surface area contributed by atoms with Crippen LogP contribution in [0.2, 0.25) is 0 Å². The molecular formula is C27H19NO2. The van der Waals surface area contributed by atoms with Crippen LogP contribution in [0.5, 0.6) is 0 Å². The van der Waals surface area contributed by atoms with Crippen molar-refractivity contribution < 1.29 is 4.42 Å². The Morgan fingerprint density at radius 3 is 2.67 bits per heavy atom. The average molecular weight is 389 g/mol. The number of aromatic nitrogens is 1. The van der Waals surface area contributed by atoms with Crippen molar-refractivity contribution in [2.75, 3.05) is 0 Å². The summed E-state index contributed by atoms with van der Waals surface area (Å²) in [4.78, 5) is 16.1. The van der Waals surface area contributed by atoms with Crippen molar-refractivity contribution >= 4 is 21.9 Å². The van der Waals surface area contributed by atoms with Gasteiger partial charge in [-0.05, 0) is 47.5 Å². The molecule has 0 bridgehead atoms. The van der Waals surface area contributed by atoms with E-state index in [2.05, 4.69) is 35.0 Å². The van der Waals surface area contributed by atoms with Gasteiger partial charge in [0.2, 0.25) is 0 Å². The summed E-state index contributed by atoms with van der Waals surface area (Å²) in [5.74, 6) is 6.36. The van der Waals surface area contributed by atoms with E-state index < -0.39 is 0 Å². The molecule has 144 valence electrons. The molecule has 1 N–H and O–H groups in total. The number of H-pyrrole nitrogens is 1. The van der Waals surface area contributed by atoms with E-state index in [1.165, 1.54) is 5.56 Å². The maximum absolute atomic E-state index is 12.7. The number of rotatable bonds is 3. The Hall–Kier alpha value is -4.03. The number of nitrogens with one attached hydrogen (secondary N) is 1. The molecule has 3 nitrogen and oxygen atoms in total. The van der Waals surface area contributed by atoms with Crippen LogP contribution in [0, 0.1) is 11.8 Å². The monoisotopic (exact) mass is 389 g/mol. The van der Waals surface area contributed by atoms with Gasteiger partial charge in [-0.15, -0.1) is 0 Å². The summed E-state index contributed by atoms with van der Waals surface area (Å²) >= 11 is 0. The van der Waals surface area contributed by atoms with E-state index in [1.807, 2.05) is 54.6 Å². The molecule has 0 aliphatic carbocycles. The number of pyridine rings is 1. The molecule has 0 saturated carbocycles. The summed E-state index contributed by atoms with van der Waals surface area (Å²) in [7, 11) is 0. The molecule has 0 fully saturated rings. The predicted molar refractivity (Wildman–Crippen MR) is 121 cm³/mol. The molecule has 2 heterocycles. The van der Waals surface area contributed by atoms with E-state index in [4.69, 9.17) is 4.42 Å². The first kappa shape index (κ1) is 18.0. The van der Waals surface area contributed by atoms with Gasteiger partial charge in [0.1, 0.15) is 5.58 Å². The van der Waals surface area contributed by atoms with Gasteiger partial charge in [-0.3, -0.25) is 4.79 Å². The molecule has 5 aromatic rings. The lowest BCUT2D eigenvalue weighted by Gasteiger charge is -2.06. The van der Waals surface area contributed by atoms with Gasteiger partial charge in [0.05, 0.1) is 6.26 Å². The second kappa shape index (κ2) is 7.77. The van der Waals surface area contributed by atoms with Crippen LogP contribution in [0.3, 0.4) is 0 Å². The van der Waals surface area contributed by atoms with E-state index >= 15 is 0 Å². The minimum absolute atomic E-state index is 0.00912. The van der Waals surface area contributed by atoms with E-state index in [0.29, 0.717) is 18.2 Å². The topological polar surface area (TPSA) is 46.0 Å². The van der Waals surface area contributed by atoms with Crippen molar-refractivity contribution in [3.63, 3.8) is 0 Å². The third-order valence-corrected chi connectivity index (χ3v) is 5.17. The van der Waals surface area contributed by atoms with Crippen LogP contribution < -0.4 is 5.43 Å². The lowest BCUT2D eigenvalue weighted by molar-refractivity contribution is 0.616. The predicted octanol–water partition coefficient (Wildman–Crippen LogP) is 5.46. The third kappa shape index (κ3) is 3.76. The fourth-order valence-electron chi connectivity index (χ4n) is 3.67. The first-order chi connectivity index (χ1) is 14.7. The zero-order chi connectivity index (χ0) is 20.3. The highest BCUT2D eigenvalue weighted by molar-refractivity contribution is 5.80. The maximum Gasteiger partial charge on any atom is 0.189 e. The summed E-state index contributed by atoms with van der Waals surface area (Å²) in [5.41, 5.74) is 5.75. The fourth-order valence-corrected chi connectivity index (χ4v) is 3.67. The van der Waals surface area contributed by atoms with Gasteiger partial charge in [-0.1, -0.05) is 48.2 Å². The smallest absolute Gasteiger partial charge is 0.189 e.